The Labute approximate surface area is 137 Å². The van der Waals surface area contributed by atoms with Crippen molar-refractivity contribution in [1.29, 1.82) is 0 Å². The van der Waals surface area contributed by atoms with Crippen LogP contribution in [0.3, 0.4) is 0 Å². The maximum Gasteiger partial charge on any atom is 0.338 e. The molecule has 1 N–H and O–H groups in total. The van der Waals surface area contributed by atoms with Gasteiger partial charge in [0.1, 0.15) is 12.0 Å². The topological polar surface area (TPSA) is 94.4 Å². The summed E-state index contributed by atoms with van der Waals surface area (Å²) in [5.41, 5.74) is 0.341. The third-order valence-electron chi connectivity index (χ3n) is 2.88. The second-order valence-electron chi connectivity index (χ2n) is 4.59. The summed E-state index contributed by atoms with van der Waals surface area (Å²) in [5, 5.41) is 14.0. The van der Waals surface area contributed by atoms with Gasteiger partial charge in [-0.15, -0.1) is 0 Å². The maximum absolute atomic E-state index is 11.8. The zero-order valence-corrected chi connectivity index (χ0v) is 12.8. The van der Waals surface area contributed by atoms with E-state index in [9.17, 15) is 14.9 Å². The normalized spacial score (nSPS) is 10.1. The minimum Gasteiger partial charge on any atom is -0.462 e. The van der Waals surface area contributed by atoms with E-state index in [1.54, 1.807) is 24.3 Å². The molecule has 7 nitrogen and oxygen atoms in total. The van der Waals surface area contributed by atoms with E-state index in [0.29, 0.717) is 29.4 Å². The van der Waals surface area contributed by atoms with Gasteiger partial charge in [-0.3, -0.25) is 10.1 Å². The van der Waals surface area contributed by atoms with Crippen molar-refractivity contribution in [3.63, 3.8) is 0 Å². The summed E-state index contributed by atoms with van der Waals surface area (Å²) in [7, 11) is 0. The fraction of sp³-hybridized carbons (Fsp3) is 0.200. The van der Waals surface area contributed by atoms with E-state index in [4.69, 9.17) is 16.3 Å². The summed E-state index contributed by atoms with van der Waals surface area (Å²) in [6, 6.07) is 9.43. The van der Waals surface area contributed by atoms with Crippen LogP contribution in [-0.4, -0.2) is 29.0 Å². The lowest BCUT2D eigenvalue weighted by Crippen LogP contribution is -2.11. The van der Waals surface area contributed by atoms with Crippen LogP contribution in [0.2, 0.25) is 5.02 Å². The summed E-state index contributed by atoms with van der Waals surface area (Å²) in [6.07, 6.45) is 1.76. The van der Waals surface area contributed by atoms with Crippen molar-refractivity contribution in [2.45, 2.75) is 6.42 Å². The number of esters is 1. The third kappa shape index (κ3) is 5.23. The van der Waals surface area contributed by atoms with E-state index in [0.717, 1.165) is 0 Å². The molecule has 0 fully saturated rings. The fourth-order valence-corrected chi connectivity index (χ4v) is 1.94. The molecule has 0 amide bonds. The van der Waals surface area contributed by atoms with Gasteiger partial charge >= 0.3 is 5.97 Å². The fourth-order valence-electron chi connectivity index (χ4n) is 1.75. The van der Waals surface area contributed by atoms with Crippen molar-refractivity contribution in [3.05, 3.63) is 63.3 Å². The standard InChI is InChI=1S/C15H14ClN3O4/c16-12-4-1-3-11(9-12)15(20)23-8-2-7-17-14-6-5-13(10-18-14)19(21)22/h1,3-6,9-10H,2,7-8H2,(H,17,18). The predicted molar refractivity (Wildman–Crippen MR) is 85.7 cm³/mol. The molecule has 2 rings (SSSR count). The molecule has 0 aliphatic heterocycles. The van der Waals surface area contributed by atoms with Crippen LogP contribution >= 0.6 is 11.6 Å². The number of nitrogens with zero attached hydrogens (tertiary/aromatic N) is 2. The molecule has 1 aromatic heterocycles. The Kier molecular flexibility index (Phi) is 5.87. The van der Waals surface area contributed by atoms with E-state index in [-0.39, 0.29) is 12.3 Å². The van der Waals surface area contributed by atoms with Crippen LogP contribution in [0.4, 0.5) is 11.5 Å². The summed E-state index contributed by atoms with van der Waals surface area (Å²) in [5.74, 6) is 0.0951. The van der Waals surface area contributed by atoms with Crippen molar-refractivity contribution >= 4 is 29.1 Å². The SMILES string of the molecule is O=C(OCCCNc1ccc([N+](=O)[O-])cn1)c1cccc(Cl)c1. The van der Waals surface area contributed by atoms with E-state index in [1.807, 2.05) is 0 Å². The first-order chi connectivity index (χ1) is 11.1. The molecule has 1 heterocycles. The van der Waals surface area contributed by atoms with Gasteiger partial charge in [-0.05, 0) is 30.7 Å². The number of hydrogen-bond acceptors (Lipinski definition) is 6. The maximum atomic E-state index is 11.8. The number of aromatic nitrogens is 1. The number of rotatable bonds is 7. The van der Waals surface area contributed by atoms with Gasteiger partial charge in [-0.1, -0.05) is 17.7 Å². The summed E-state index contributed by atoms with van der Waals surface area (Å²) in [6.45, 7) is 0.763. The monoisotopic (exact) mass is 335 g/mol. The zero-order valence-electron chi connectivity index (χ0n) is 12.1. The molecule has 0 aliphatic carbocycles. The number of nitro groups is 1. The van der Waals surface area contributed by atoms with Crippen molar-refractivity contribution in [2.75, 3.05) is 18.5 Å². The number of ether oxygens (including phenoxy) is 1. The molecule has 23 heavy (non-hydrogen) atoms. The molecular formula is C15H14ClN3O4. The van der Waals surface area contributed by atoms with Gasteiger partial charge in [-0.25, -0.2) is 9.78 Å². The van der Waals surface area contributed by atoms with Crippen LogP contribution in [0.15, 0.2) is 42.6 Å². The molecule has 0 radical (unpaired) electrons. The Bertz CT molecular complexity index is 691. The van der Waals surface area contributed by atoms with Gasteiger partial charge in [0.05, 0.1) is 17.1 Å². The number of anilines is 1. The first-order valence-electron chi connectivity index (χ1n) is 6.83. The Morgan fingerprint density at radius 2 is 2.17 bits per heavy atom. The Morgan fingerprint density at radius 1 is 1.35 bits per heavy atom. The average molecular weight is 336 g/mol. The number of halogens is 1. The third-order valence-corrected chi connectivity index (χ3v) is 3.11. The summed E-state index contributed by atoms with van der Waals surface area (Å²) in [4.78, 5) is 25.7. The smallest absolute Gasteiger partial charge is 0.338 e. The van der Waals surface area contributed by atoms with Crippen molar-refractivity contribution < 1.29 is 14.5 Å². The molecule has 2 aromatic rings. The Hall–Kier alpha value is -2.67. The largest absolute Gasteiger partial charge is 0.462 e. The molecular weight excluding hydrogens is 322 g/mol. The highest BCUT2D eigenvalue weighted by Crippen LogP contribution is 2.12. The van der Waals surface area contributed by atoms with Crippen LogP contribution in [0.1, 0.15) is 16.8 Å². The lowest BCUT2D eigenvalue weighted by molar-refractivity contribution is -0.385. The van der Waals surface area contributed by atoms with Crippen LogP contribution < -0.4 is 5.32 Å². The lowest BCUT2D eigenvalue weighted by Gasteiger charge is -2.07. The van der Waals surface area contributed by atoms with Gasteiger partial charge in [0.2, 0.25) is 0 Å². The van der Waals surface area contributed by atoms with Gasteiger partial charge in [0.15, 0.2) is 0 Å². The second kappa shape index (κ2) is 8.09. The van der Waals surface area contributed by atoms with Crippen LogP contribution in [-0.2, 0) is 4.74 Å². The molecule has 120 valence electrons. The first kappa shape index (κ1) is 16.7. The number of nitrogens with one attached hydrogen (secondary N) is 1. The average Bonchev–Trinajstić information content (AvgIpc) is 2.54. The van der Waals surface area contributed by atoms with Crippen LogP contribution in [0.25, 0.3) is 0 Å². The number of pyridine rings is 1. The molecule has 0 atom stereocenters. The first-order valence-corrected chi connectivity index (χ1v) is 7.21. The minimum atomic E-state index is -0.508. The molecule has 1 aromatic carbocycles. The van der Waals surface area contributed by atoms with Crippen LogP contribution in [0, 0.1) is 10.1 Å². The van der Waals surface area contributed by atoms with E-state index >= 15 is 0 Å². The van der Waals surface area contributed by atoms with Crippen molar-refractivity contribution in [3.8, 4) is 0 Å². The molecule has 0 saturated heterocycles. The molecule has 0 spiro atoms. The Balaban J connectivity index is 1.69. The number of hydrogen-bond donors (Lipinski definition) is 1. The summed E-state index contributed by atoms with van der Waals surface area (Å²) < 4.78 is 5.12. The molecule has 8 heteroatoms. The quantitative estimate of drug-likeness (QED) is 0.361. The van der Waals surface area contributed by atoms with E-state index in [2.05, 4.69) is 10.3 Å². The van der Waals surface area contributed by atoms with E-state index < -0.39 is 10.9 Å². The number of carbonyl (C=O) groups is 1. The van der Waals surface area contributed by atoms with Gasteiger partial charge in [-0.2, -0.15) is 0 Å². The van der Waals surface area contributed by atoms with E-state index in [1.165, 1.54) is 18.3 Å². The van der Waals surface area contributed by atoms with Gasteiger partial charge < -0.3 is 10.1 Å². The molecule has 0 bridgehead atoms. The zero-order chi connectivity index (χ0) is 16.7. The highest BCUT2D eigenvalue weighted by atomic mass is 35.5. The van der Waals surface area contributed by atoms with Crippen LogP contribution in [0.5, 0.6) is 0 Å². The molecule has 0 saturated carbocycles. The highest BCUT2D eigenvalue weighted by Gasteiger charge is 2.07. The second-order valence-corrected chi connectivity index (χ2v) is 5.02. The molecule has 0 unspecified atom stereocenters. The minimum absolute atomic E-state index is 0.0639. The molecule has 0 aliphatic rings. The van der Waals surface area contributed by atoms with Gasteiger partial charge in [0.25, 0.3) is 5.69 Å². The van der Waals surface area contributed by atoms with Gasteiger partial charge in [0, 0.05) is 17.6 Å². The van der Waals surface area contributed by atoms with Crippen molar-refractivity contribution in [1.82, 2.24) is 4.98 Å². The lowest BCUT2D eigenvalue weighted by atomic mass is 10.2. The predicted octanol–water partition coefficient (Wildman–Crippen LogP) is 3.30. The number of benzene rings is 1. The highest BCUT2D eigenvalue weighted by molar-refractivity contribution is 6.30. The summed E-state index contributed by atoms with van der Waals surface area (Å²) >= 11 is 5.80. The van der Waals surface area contributed by atoms with Crippen molar-refractivity contribution in [2.24, 2.45) is 0 Å². The number of carbonyl (C=O) groups excluding carboxylic acids is 1. The Morgan fingerprint density at radius 3 is 2.83 bits per heavy atom.